The van der Waals surface area contributed by atoms with E-state index in [4.69, 9.17) is 0 Å². The Hall–Kier alpha value is -1.44. The number of halogens is 3. The second-order valence-corrected chi connectivity index (χ2v) is 4.32. The van der Waals surface area contributed by atoms with Crippen LogP contribution in [0.5, 0.6) is 0 Å². The first-order valence-corrected chi connectivity index (χ1v) is 5.79. The molecule has 0 spiro atoms. The van der Waals surface area contributed by atoms with Crippen molar-refractivity contribution in [1.82, 2.24) is 14.6 Å². The van der Waals surface area contributed by atoms with Crippen LogP contribution in [-0.4, -0.2) is 32.4 Å². The SMILES string of the molecule is FC(F)(F)SCCNc1nc2ccccn2n1. The molecule has 0 unspecified atom stereocenters. The fourth-order valence-corrected chi connectivity index (χ4v) is 1.67. The predicted octanol–water partition coefficient (Wildman–Crippen LogP) is 2.39. The molecule has 0 amide bonds. The molecule has 2 rings (SSSR count). The van der Waals surface area contributed by atoms with Crippen molar-refractivity contribution in [3.8, 4) is 0 Å². The van der Waals surface area contributed by atoms with Crippen LogP contribution in [0.1, 0.15) is 0 Å². The van der Waals surface area contributed by atoms with Crippen LogP contribution in [0.2, 0.25) is 0 Å². The summed E-state index contributed by atoms with van der Waals surface area (Å²) in [6, 6.07) is 5.38. The Kier molecular flexibility index (Phi) is 3.41. The monoisotopic (exact) mass is 262 g/mol. The maximum absolute atomic E-state index is 11.8. The van der Waals surface area contributed by atoms with Gasteiger partial charge in [-0.15, -0.1) is 5.10 Å². The molecule has 0 saturated heterocycles. The van der Waals surface area contributed by atoms with Gasteiger partial charge in [0.1, 0.15) is 0 Å². The number of pyridine rings is 1. The van der Waals surface area contributed by atoms with Crippen molar-refractivity contribution >= 4 is 23.4 Å². The summed E-state index contributed by atoms with van der Waals surface area (Å²) in [6.07, 6.45) is 1.72. The zero-order valence-corrected chi connectivity index (χ0v) is 9.42. The summed E-state index contributed by atoms with van der Waals surface area (Å²) in [5.41, 5.74) is -3.54. The Morgan fingerprint density at radius 3 is 2.88 bits per heavy atom. The van der Waals surface area contributed by atoms with Crippen LogP contribution >= 0.6 is 11.8 Å². The molecule has 17 heavy (non-hydrogen) atoms. The zero-order valence-electron chi connectivity index (χ0n) is 8.61. The highest BCUT2D eigenvalue weighted by Gasteiger charge is 2.27. The van der Waals surface area contributed by atoms with E-state index in [2.05, 4.69) is 15.4 Å². The van der Waals surface area contributed by atoms with Crippen LogP contribution in [0.4, 0.5) is 19.1 Å². The van der Waals surface area contributed by atoms with Gasteiger partial charge in [-0.2, -0.15) is 18.2 Å². The van der Waals surface area contributed by atoms with Crippen molar-refractivity contribution in [2.45, 2.75) is 5.51 Å². The van der Waals surface area contributed by atoms with Gasteiger partial charge in [-0.25, -0.2) is 4.52 Å². The van der Waals surface area contributed by atoms with E-state index in [0.29, 0.717) is 11.6 Å². The van der Waals surface area contributed by atoms with E-state index in [1.54, 1.807) is 22.8 Å². The van der Waals surface area contributed by atoms with Crippen molar-refractivity contribution < 1.29 is 13.2 Å². The first kappa shape index (κ1) is 12.0. The number of rotatable bonds is 4. The molecule has 0 fully saturated rings. The summed E-state index contributed by atoms with van der Waals surface area (Å²) < 4.78 is 37.1. The third kappa shape index (κ3) is 3.52. The number of alkyl halides is 3. The van der Waals surface area contributed by atoms with Gasteiger partial charge in [0.25, 0.3) is 0 Å². The maximum Gasteiger partial charge on any atom is 0.441 e. The minimum atomic E-state index is -4.19. The summed E-state index contributed by atoms with van der Waals surface area (Å²) in [6.45, 7) is 0.168. The van der Waals surface area contributed by atoms with Gasteiger partial charge in [-0.1, -0.05) is 6.07 Å². The lowest BCUT2D eigenvalue weighted by Crippen LogP contribution is -2.10. The van der Waals surface area contributed by atoms with Crippen molar-refractivity contribution in [2.75, 3.05) is 17.6 Å². The highest BCUT2D eigenvalue weighted by atomic mass is 32.2. The normalized spacial score (nSPS) is 11.9. The number of hydrogen-bond acceptors (Lipinski definition) is 4. The van der Waals surface area contributed by atoms with E-state index in [9.17, 15) is 13.2 Å². The topological polar surface area (TPSA) is 42.2 Å². The van der Waals surface area contributed by atoms with Crippen LogP contribution in [0.25, 0.3) is 5.65 Å². The van der Waals surface area contributed by atoms with Crippen LogP contribution in [0.3, 0.4) is 0 Å². The number of nitrogens with one attached hydrogen (secondary N) is 1. The average molecular weight is 262 g/mol. The first-order valence-electron chi connectivity index (χ1n) is 4.80. The quantitative estimate of drug-likeness (QED) is 0.859. The van der Waals surface area contributed by atoms with Crippen LogP contribution in [0.15, 0.2) is 24.4 Å². The fourth-order valence-electron chi connectivity index (χ4n) is 1.24. The fraction of sp³-hybridized carbons (Fsp3) is 0.333. The standard InChI is InChI=1S/C9H9F3N4S/c10-9(11,12)17-6-4-13-8-14-7-3-1-2-5-16(7)15-8/h1-3,5H,4,6H2,(H,13,15). The van der Waals surface area contributed by atoms with E-state index >= 15 is 0 Å². The summed E-state index contributed by atoms with van der Waals surface area (Å²) in [4.78, 5) is 4.10. The Morgan fingerprint density at radius 1 is 1.35 bits per heavy atom. The Bertz CT molecular complexity index is 463. The molecule has 0 radical (unpaired) electrons. The predicted molar refractivity (Wildman–Crippen MR) is 60.0 cm³/mol. The van der Waals surface area contributed by atoms with Crippen LogP contribution in [0, 0.1) is 0 Å². The molecule has 4 nitrogen and oxygen atoms in total. The minimum absolute atomic E-state index is 0.0652. The Morgan fingerprint density at radius 2 is 2.18 bits per heavy atom. The molecule has 0 aromatic carbocycles. The number of aromatic nitrogens is 3. The van der Waals surface area contributed by atoms with E-state index in [1.807, 2.05) is 6.07 Å². The summed E-state index contributed by atoms with van der Waals surface area (Å²) >= 11 is -0.0652. The van der Waals surface area contributed by atoms with Crippen LogP contribution < -0.4 is 5.32 Å². The van der Waals surface area contributed by atoms with Crippen molar-refractivity contribution in [3.63, 3.8) is 0 Å². The van der Waals surface area contributed by atoms with Crippen molar-refractivity contribution in [3.05, 3.63) is 24.4 Å². The van der Waals surface area contributed by atoms with Gasteiger partial charge in [0.05, 0.1) is 0 Å². The van der Waals surface area contributed by atoms with E-state index in [0.717, 1.165) is 0 Å². The second kappa shape index (κ2) is 4.82. The largest absolute Gasteiger partial charge is 0.441 e. The number of fused-ring (bicyclic) bond motifs is 1. The lowest BCUT2D eigenvalue weighted by atomic mass is 10.5. The molecule has 2 heterocycles. The van der Waals surface area contributed by atoms with Gasteiger partial charge in [0.2, 0.25) is 5.95 Å². The molecule has 92 valence electrons. The van der Waals surface area contributed by atoms with E-state index in [1.165, 1.54) is 0 Å². The molecular weight excluding hydrogens is 253 g/mol. The van der Waals surface area contributed by atoms with E-state index < -0.39 is 5.51 Å². The van der Waals surface area contributed by atoms with Gasteiger partial charge in [-0.3, -0.25) is 0 Å². The molecule has 8 heteroatoms. The summed E-state index contributed by atoms with van der Waals surface area (Å²) in [5, 5.41) is 6.79. The van der Waals surface area contributed by atoms with Gasteiger partial charge in [0, 0.05) is 18.5 Å². The summed E-state index contributed by atoms with van der Waals surface area (Å²) in [7, 11) is 0. The third-order valence-electron chi connectivity index (χ3n) is 1.89. The van der Waals surface area contributed by atoms with Gasteiger partial charge >= 0.3 is 5.51 Å². The number of thioether (sulfide) groups is 1. The molecular formula is C9H9F3N4S. The Balaban J connectivity index is 1.87. The molecule has 0 aliphatic heterocycles. The molecule has 0 aliphatic rings. The van der Waals surface area contributed by atoms with E-state index in [-0.39, 0.29) is 24.1 Å². The van der Waals surface area contributed by atoms with Crippen molar-refractivity contribution in [1.29, 1.82) is 0 Å². The maximum atomic E-state index is 11.8. The average Bonchev–Trinajstić information content (AvgIpc) is 2.65. The number of nitrogens with zero attached hydrogens (tertiary/aromatic N) is 3. The van der Waals surface area contributed by atoms with Gasteiger partial charge in [0.15, 0.2) is 5.65 Å². The Labute approximate surface area is 99.2 Å². The molecule has 0 saturated carbocycles. The lowest BCUT2D eigenvalue weighted by molar-refractivity contribution is -0.0327. The van der Waals surface area contributed by atoms with Crippen molar-refractivity contribution in [2.24, 2.45) is 0 Å². The minimum Gasteiger partial charge on any atom is -0.352 e. The first-order chi connectivity index (χ1) is 8.04. The summed E-state index contributed by atoms with van der Waals surface area (Å²) in [5.74, 6) is 0.262. The highest BCUT2D eigenvalue weighted by molar-refractivity contribution is 8.00. The van der Waals surface area contributed by atoms with Gasteiger partial charge < -0.3 is 5.32 Å². The molecule has 2 aromatic rings. The second-order valence-electron chi connectivity index (χ2n) is 3.16. The molecule has 2 aromatic heterocycles. The molecule has 0 bridgehead atoms. The number of hydrogen-bond donors (Lipinski definition) is 1. The number of anilines is 1. The smallest absolute Gasteiger partial charge is 0.352 e. The zero-order chi connectivity index (χ0) is 12.3. The highest BCUT2D eigenvalue weighted by Crippen LogP contribution is 2.29. The molecule has 0 atom stereocenters. The third-order valence-corrected chi connectivity index (χ3v) is 2.63. The van der Waals surface area contributed by atoms with Crippen LogP contribution in [-0.2, 0) is 0 Å². The van der Waals surface area contributed by atoms with Gasteiger partial charge in [-0.05, 0) is 23.9 Å². The lowest BCUT2D eigenvalue weighted by Gasteiger charge is -2.04. The molecule has 1 N–H and O–H groups in total. The molecule has 0 aliphatic carbocycles.